The van der Waals surface area contributed by atoms with Gasteiger partial charge in [-0.2, -0.15) is 26.3 Å². The third kappa shape index (κ3) is 1.55. The molecule has 2 aliphatic carbocycles. The Labute approximate surface area is 162 Å². The number of rotatable bonds is 0. The van der Waals surface area contributed by atoms with Gasteiger partial charge in [-0.1, -0.05) is 24.3 Å². The summed E-state index contributed by atoms with van der Waals surface area (Å²) in [4.78, 5) is 0. The van der Waals surface area contributed by atoms with Gasteiger partial charge in [-0.05, 0) is 42.2 Å². The SMILES string of the molecule is FC(F)(F)C12OC(C(F)(F)F)(C3C4CCC(C4)C31)C1C3OC(c4ccccc43)C12. The van der Waals surface area contributed by atoms with E-state index in [0.717, 1.165) is 0 Å². The second-order valence-electron chi connectivity index (χ2n) is 9.73. The van der Waals surface area contributed by atoms with E-state index in [9.17, 15) is 26.3 Å². The molecule has 6 bridgehead atoms. The van der Waals surface area contributed by atoms with E-state index in [-0.39, 0.29) is 11.8 Å². The number of hydrogen-bond donors (Lipinski definition) is 0. The predicted molar refractivity (Wildman–Crippen MR) is 86.5 cm³/mol. The highest BCUT2D eigenvalue weighted by atomic mass is 19.4. The maximum absolute atomic E-state index is 14.8. The minimum atomic E-state index is -4.88. The highest BCUT2D eigenvalue weighted by molar-refractivity contribution is 5.45. The highest BCUT2D eigenvalue weighted by Gasteiger charge is 2.95. The van der Waals surface area contributed by atoms with Crippen molar-refractivity contribution in [1.29, 1.82) is 0 Å². The van der Waals surface area contributed by atoms with Gasteiger partial charge in [0.15, 0.2) is 11.2 Å². The van der Waals surface area contributed by atoms with E-state index in [0.29, 0.717) is 30.4 Å². The van der Waals surface area contributed by atoms with Gasteiger partial charge in [0.05, 0.1) is 12.2 Å². The zero-order chi connectivity index (χ0) is 20.1. The van der Waals surface area contributed by atoms with Crippen LogP contribution in [0, 0.1) is 35.5 Å². The Morgan fingerprint density at radius 3 is 1.59 bits per heavy atom. The second-order valence-corrected chi connectivity index (χ2v) is 9.73. The average Bonchev–Trinajstić information content (AvgIpc) is 3.44. The standard InChI is InChI=1S/C21H18F6O2/c22-20(23,24)18-12-8-5-6-9(7-8)13(12)19(29-18,21(25,26)27)15-14(18)16-10-3-1-2-4-11(10)17(15)28-16/h1-4,8-9,12-17H,5-7H2. The minimum Gasteiger partial charge on any atom is -0.365 e. The number of alkyl halides is 6. The molecule has 0 amide bonds. The number of ether oxygens (including phenoxy) is 2. The zero-order valence-corrected chi connectivity index (χ0v) is 15.1. The van der Waals surface area contributed by atoms with Crippen LogP contribution in [-0.4, -0.2) is 23.6 Å². The normalized spacial score (nSPS) is 53.4. The van der Waals surface area contributed by atoms with E-state index in [1.54, 1.807) is 24.3 Å². The van der Waals surface area contributed by atoms with E-state index in [4.69, 9.17) is 9.47 Å². The maximum atomic E-state index is 14.8. The van der Waals surface area contributed by atoms with Crippen LogP contribution in [0.3, 0.4) is 0 Å². The smallest absolute Gasteiger partial charge is 0.365 e. The average molecular weight is 416 g/mol. The number of hydrogen-bond acceptors (Lipinski definition) is 2. The van der Waals surface area contributed by atoms with Crippen molar-refractivity contribution in [3.8, 4) is 0 Å². The van der Waals surface area contributed by atoms with Crippen LogP contribution in [0.5, 0.6) is 0 Å². The summed E-state index contributed by atoms with van der Waals surface area (Å²) < 4.78 is 99.9. The Balaban J connectivity index is 1.53. The Morgan fingerprint density at radius 1 is 0.724 bits per heavy atom. The summed E-state index contributed by atoms with van der Waals surface area (Å²) in [7, 11) is 0. The fraction of sp³-hybridized carbons (Fsp3) is 0.714. The molecule has 29 heavy (non-hydrogen) atoms. The maximum Gasteiger partial charge on any atom is 0.418 e. The zero-order valence-electron chi connectivity index (χ0n) is 15.1. The molecule has 0 N–H and O–H groups in total. The summed E-state index contributed by atoms with van der Waals surface area (Å²) in [5.41, 5.74) is -4.36. The van der Waals surface area contributed by atoms with Gasteiger partial charge in [0.2, 0.25) is 0 Å². The van der Waals surface area contributed by atoms with Crippen LogP contribution in [0.25, 0.3) is 0 Å². The summed E-state index contributed by atoms with van der Waals surface area (Å²) in [5, 5.41) is 0. The summed E-state index contributed by atoms with van der Waals surface area (Å²) in [6.07, 6.45) is -10.2. The summed E-state index contributed by atoms with van der Waals surface area (Å²) in [6, 6.07) is 6.77. The first-order valence-corrected chi connectivity index (χ1v) is 10.2. The van der Waals surface area contributed by atoms with Gasteiger partial charge in [-0.15, -0.1) is 0 Å². The number of benzene rings is 1. The molecule has 0 radical (unpaired) electrons. The van der Waals surface area contributed by atoms with Crippen molar-refractivity contribution in [2.75, 3.05) is 0 Å². The third-order valence-corrected chi connectivity index (χ3v) is 9.06. The Morgan fingerprint density at radius 2 is 1.17 bits per heavy atom. The van der Waals surface area contributed by atoms with Gasteiger partial charge < -0.3 is 9.47 Å². The summed E-state index contributed by atoms with van der Waals surface area (Å²) >= 11 is 0. The van der Waals surface area contributed by atoms with Crippen LogP contribution in [0.1, 0.15) is 42.6 Å². The van der Waals surface area contributed by atoms with Gasteiger partial charge in [0.25, 0.3) is 0 Å². The Hall–Kier alpha value is -1.28. The number of fused-ring (bicyclic) bond motifs is 19. The van der Waals surface area contributed by atoms with Gasteiger partial charge in [-0.25, -0.2) is 0 Å². The van der Waals surface area contributed by atoms with Crippen molar-refractivity contribution >= 4 is 0 Å². The minimum absolute atomic E-state index is 0.355. The predicted octanol–water partition coefficient (Wildman–Crippen LogP) is 5.35. The molecule has 4 aliphatic heterocycles. The molecule has 1 aromatic rings. The quantitative estimate of drug-likeness (QED) is 0.531. The molecule has 6 aliphatic rings. The largest absolute Gasteiger partial charge is 0.418 e. The molecular formula is C21H18F6O2. The van der Waals surface area contributed by atoms with Gasteiger partial charge in [0, 0.05) is 23.7 Å². The third-order valence-electron chi connectivity index (χ3n) is 9.06. The molecule has 2 nitrogen and oxygen atoms in total. The monoisotopic (exact) mass is 416 g/mol. The Bertz CT molecular complexity index is 855. The molecule has 5 fully saturated rings. The van der Waals surface area contributed by atoms with Crippen LogP contribution >= 0.6 is 0 Å². The van der Waals surface area contributed by atoms with E-state index < -0.39 is 59.4 Å². The van der Waals surface area contributed by atoms with E-state index in [1.165, 1.54) is 0 Å². The molecule has 1 aromatic carbocycles. The lowest BCUT2D eigenvalue weighted by Crippen LogP contribution is -2.63. The highest BCUT2D eigenvalue weighted by Crippen LogP contribution is 2.84. The molecule has 0 spiro atoms. The van der Waals surface area contributed by atoms with Crippen LogP contribution in [0.4, 0.5) is 26.3 Å². The van der Waals surface area contributed by atoms with Crippen molar-refractivity contribution in [3.63, 3.8) is 0 Å². The molecule has 0 aromatic heterocycles. The fourth-order valence-electron chi connectivity index (χ4n) is 8.64. The lowest BCUT2D eigenvalue weighted by atomic mass is 9.50. The second kappa shape index (κ2) is 4.64. The molecule has 10 unspecified atom stereocenters. The van der Waals surface area contributed by atoms with Gasteiger partial charge in [0.1, 0.15) is 0 Å². The molecule has 8 heteroatoms. The van der Waals surface area contributed by atoms with E-state index in [1.807, 2.05) is 0 Å². The molecule has 4 heterocycles. The van der Waals surface area contributed by atoms with Crippen LogP contribution in [0.2, 0.25) is 0 Å². The lowest BCUT2D eigenvalue weighted by Gasteiger charge is -2.50. The van der Waals surface area contributed by atoms with E-state index in [2.05, 4.69) is 0 Å². The fourth-order valence-corrected chi connectivity index (χ4v) is 8.64. The van der Waals surface area contributed by atoms with Crippen molar-refractivity contribution in [2.24, 2.45) is 35.5 Å². The first kappa shape index (κ1) is 17.4. The van der Waals surface area contributed by atoms with Crippen molar-refractivity contribution in [3.05, 3.63) is 35.4 Å². The number of halogens is 6. The summed E-state index contributed by atoms with van der Waals surface area (Å²) in [5.74, 6) is -5.65. The molecule has 2 saturated carbocycles. The van der Waals surface area contributed by atoms with Crippen LogP contribution in [0.15, 0.2) is 24.3 Å². The molecule has 7 rings (SSSR count). The Kier molecular flexibility index (Phi) is 2.78. The molecular weight excluding hydrogens is 398 g/mol. The lowest BCUT2D eigenvalue weighted by molar-refractivity contribution is -0.334. The van der Waals surface area contributed by atoms with Crippen LogP contribution < -0.4 is 0 Å². The molecule has 3 saturated heterocycles. The first-order chi connectivity index (χ1) is 13.6. The first-order valence-electron chi connectivity index (χ1n) is 10.2. The summed E-state index contributed by atoms with van der Waals surface area (Å²) in [6.45, 7) is 0. The van der Waals surface area contributed by atoms with Gasteiger partial charge >= 0.3 is 12.4 Å². The van der Waals surface area contributed by atoms with Crippen LogP contribution in [-0.2, 0) is 9.47 Å². The van der Waals surface area contributed by atoms with E-state index >= 15 is 0 Å². The van der Waals surface area contributed by atoms with Crippen molar-refractivity contribution < 1.29 is 35.8 Å². The molecule has 10 atom stereocenters. The molecule has 156 valence electrons. The topological polar surface area (TPSA) is 18.5 Å². The van der Waals surface area contributed by atoms with Gasteiger partial charge in [-0.3, -0.25) is 0 Å². The van der Waals surface area contributed by atoms with Crippen molar-refractivity contribution in [2.45, 2.75) is 55.0 Å². The van der Waals surface area contributed by atoms with Crippen molar-refractivity contribution in [1.82, 2.24) is 0 Å².